The number of carbonyl (C=O) groups excluding carboxylic acids is 1. The summed E-state index contributed by atoms with van der Waals surface area (Å²) in [5, 5.41) is 6.07. The lowest BCUT2D eigenvalue weighted by molar-refractivity contribution is -0.120. The third-order valence-electron chi connectivity index (χ3n) is 5.33. The molecule has 2 N–H and O–H groups in total. The molecule has 0 aliphatic heterocycles. The standard InChI is InChI=1S/C22H28N2O3S/c1-15-8-11-20(28(3,26)27)13-21(15)23-14-22(25)24-16(2)18-10-9-17-6-4-5-7-19(17)12-18/h8-13,16,23H,4-7,14H2,1-3H3,(H,24,25). The Balaban J connectivity index is 1.61. The average molecular weight is 401 g/mol. The van der Waals surface area contributed by atoms with Gasteiger partial charge in [0.25, 0.3) is 0 Å². The van der Waals surface area contributed by atoms with Crippen LogP contribution >= 0.6 is 0 Å². The van der Waals surface area contributed by atoms with E-state index in [0.717, 1.165) is 24.0 Å². The van der Waals surface area contributed by atoms with E-state index in [4.69, 9.17) is 0 Å². The van der Waals surface area contributed by atoms with Crippen LogP contribution in [0.4, 0.5) is 5.69 Å². The molecule has 0 fully saturated rings. The molecule has 0 saturated heterocycles. The third-order valence-corrected chi connectivity index (χ3v) is 6.44. The molecular weight excluding hydrogens is 372 g/mol. The zero-order chi connectivity index (χ0) is 20.3. The molecule has 6 heteroatoms. The number of anilines is 1. The summed E-state index contributed by atoms with van der Waals surface area (Å²) in [4.78, 5) is 12.6. The van der Waals surface area contributed by atoms with Gasteiger partial charge in [-0.1, -0.05) is 24.3 Å². The van der Waals surface area contributed by atoms with Gasteiger partial charge in [-0.25, -0.2) is 8.42 Å². The van der Waals surface area contributed by atoms with E-state index in [1.165, 1.54) is 30.2 Å². The second-order valence-electron chi connectivity index (χ2n) is 7.63. The van der Waals surface area contributed by atoms with Crippen LogP contribution in [-0.2, 0) is 27.5 Å². The first-order chi connectivity index (χ1) is 13.2. The van der Waals surface area contributed by atoms with Crippen molar-refractivity contribution in [2.45, 2.75) is 50.5 Å². The number of sulfone groups is 1. The summed E-state index contributed by atoms with van der Waals surface area (Å²) in [5.41, 5.74) is 5.49. The van der Waals surface area contributed by atoms with Crippen LogP contribution in [0, 0.1) is 6.92 Å². The van der Waals surface area contributed by atoms with Crippen molar-refractivity contribution in [3.63, 3.8) is 0 Å². The minimum Gasteiger partial charge on any atom is -0.376 e. The molecule has 3 rings (SSSR count). The van der Waals surface area contributed by atoms with Gasteiger partial charge in [-0.15, -0.1) is 0 Å². The minimum atomic E-state index is -3.28. The number of carbonyl (C=O) groups is 1. The van der Waals surface area contributed by atoms with Gasteiger partial charge in [-0.2, -0.15) is 0 Å². The molecule has 0 spiro atoms. The summed E-state index contributed by atoms with van der Waals surface area (Å²) < 4.78 is 23.5. The maximum absolute atomic E-state index is 12.4. The van der Waals surface area contributed by atoms with Crippen molar-refractivity contribution in [3.8, 4) is 0 Å². The average Bonchev–Trinajstić information content (AvgIpc) is 2.66. The van der Waals surface area contributed by atoms with E-state index in [1.807, 2.05) is 13.8 Å². The number of nitrogens with one attached hydrogen (secondary N) is 2. The molecule has 2 aromatic carbocycles. The molecule has 0 saturated carbocycles. The fraction of sp³-hybridized carbons (Fsp3) is 0.409. The normalized spacial score (nSPS) is 14.8. The van der Waals surface area contributed by atoms with Crippen molar-refractivity contribution in [2.75, 3.05) is 18.1 Å². The largest absolute Gasteiger partial charge is 0.376 e. The lowest BCUT2D eigenvalue weighted by Crippen LogP contribution is -2.32. The molecule has 0 heterocycles. The number of aryl methyl sites for hydroxylation is 3. The summed E-state index contributed by atoms with van der Waals surface area (Å²) in [6.07, 6.45) is 5.92. The summed E-state index contributed by atoms with van der Waals surface area (Å²) in [6.45, 7) is 3.95. The first kappa shape index (κ1) is 20.4. The topological polar surface area (TPSA) is 75.3 Å². The molecule has 1 atom stereocenters. The first-order valence-electron chi connectivity index (χ1n) is 9.69. The molecule has 28 heavy (non-hydrogen) atoms. The van der Waals surface area contributed by atoms with Gasteiger partial charge in [0, 0.05) is 11.9 Å². The van der Waals surface area contributed by atoms with Crippen molar-refractivity contribution in [2.24, 2.45) is 0 Å². The fourth-order valence-electron chi connectivity index (χ4n) is 3.60. The molecule has 1 aliphatic rings. The summed E-state index contributed by atoms with van der Waals surface area (Å²) >= 11 is 0. The van der Waals surface area contributed by atoms with Gasteiger partial charge in [0.2, 0.25) is 5.91 Å². The first-order valence-corrected chi connectivity index (χ1v) is 11.6. The number of hydrogen-bond acceptors (Lipinski definition) is 4. The molecule has 0 aromatic heterocycles. The molecule has 0 radical (unpaired) electrons. The highest BCUT2D eigenvalue weighted by Gasteiger charge is 2.15. The lowest BCUT2D eigenvalue weighted by Gasteiger charge is -2.20. The highest BCUT2D eigenvalue weighted by molar-refractivity contribution is 7.90. The molecule has 150 valence electrons. The number of fused-ring (bicyclic) bond motifs is 1. The van der Waals surface area contributed by atoms with Crippen LogP contribution in [0.5, 0.6) is 0 Å². The molecule has 1 unspecified atom stereocenters. The van der Waals surface area contributed by atoms with Crippen molar-refractivity contribution < 1.29 is 13.2 Å². The zero-order valence-electron chi connectivity index (χ0n) is 16.7. The highest BCUT2D eigenvalue weighted by Crippen LogP contribution is 2.25. The second kappa shape index (κ2) is 8.35. The van der Waals surface area contributed by atoms with Gasteiger partial charge in [0.1, 0.15) is 0 Å². The van der Waals surface area contributed by atoms with E-state index in [2.05, 4.69) is 28.8 Å². The van der Waals surface area contributed by atoms with E-state index in [0.29, 0.717) is 5.69 Å². The summed E-state index contributed by atoms with van der Waals surface area (Å²) in [6, 6.07) is 11.3. The Kier molecular flexibility index (Phi) is 6.08. The summed E-state index contributed by atoms with van der Waals surface area (Å²) in [5.74, 6) is -0.130. The lowest BCUT2D eigenvalue weighted by atomic mass is 9.89. The van der Waals surface area contributed by atoms with Crippen LogP contribution in [0.3, 0.4) is 0 Å². The smallest absolute Gasteiger partial charge is 0.239 e. The Morgan fingerprint density at radius 3 is 2.50 bits per heavy atom. The van der Waals surface area contributed by atoms with Gasteiger partial charge in [0.15, 0.2) is 9.84 Å². The van der Waals surface area contributed by atoms with E-state index >= 15 is 0 Å². The molecule has 2 aromatic rings. The van der Waals surface area contributed by atoms with Gasteiger partial charge in [-0.05, 0) is 73.9 Å². The Labute approximate surface area is 167 Å². The third kappa shape index (κ3) is 4.93. The van der Waals surface area contributed by atoms with E-state index < -0.39 is 9.84 Å². The Morgan fingerprint density at radius 1 is 1.07 bits per heavy atom. The van der Waals surface area contributed by atoms with E-state index in [-0.39, 0.29) is 23.4 Å². The van der Waals surface area contributed by atoms with Gasteiger partial charge >= 0.3 is 0 Å². The van der Waals surface area contributed by atoms with Crippen LogP contribution in [0.2, 0.25) is 0 Å². The Bertz CT molecular complexity index is 983. The minimum absolute atomic E-state index is 0.0787. The highest BCUT2D eigenvalue weighted by atomic mass is 32.2. The van der Waals surface area contributed by atoms with E-state index in [1.54, 1.807) is 18.2 Å². The second-order valence-corrected chi connectivity index (χ2v) is 9.64. The molecule has 1 amide bonds. The quantitative estimate of drug-likeness (QED) is 0.777. The van der Waals surface area contributed by atoms with Gasteiger partial charge < -0.3 is 10.6 Å². The maximum atomic E-state index is 12.4. The molecular formula is C22H28N2O3S. The van der Waals surface area contributed by atoms with Crippen LogP contribution in [0.25, 0.3) is 0 Å². The van der Waals surface area contributed by atoms with Crippen LogP contribution in [-0.4, -0.2) is 27.1 Å². The fourth-order valence-corrected chi connectivity index (χ4v) is 4.24. The number of benzene rings is 2. The van der Waals surface area contributed by atoms with Crippen LogP contribution in [0.15, 0.2) is 41.3 Å². The van der Waals surface area contributed by atoms with Gasteiger partial charge in [0.05, 0.1) is 17.5 Å². The van der Waals surface area contributed by atoms with Crippen molar-refractivity contribution in [1.82, 2.24) is 5.32 Å². The van der Waals surface area contributed by atoms with Crippen molar-refractivity contribution in [3.05, 3.63) is 58.7 Å². The Morgan fingerprint density at radius 2 is 1.79 bits per heavy atom. The van der Waals surface area contributed by atoms with Crippen LogP contribution in [0.1, 0.15) is 48.1 Å². The maximum Gasteiger partial charge on any atom is 0.239 e. The van der Waals surface area contributed by atoms with Crippen molar-refractivity contribution in [1.29, 1.82) is 0 Å². The monoisotopic (exact) mass is 400 g/mol. The predicted molar refractivity (Wildman–Crippen MR) is 112 cm³/mol. The van der Waals surface area contributed by atoms with Crippen molar-refractivity contribution >= 4 is 21.4 Å². The van der Waals surface area contributed by atoms with E-state index in [9.17, 15) is 13.2 Å². The predicted octanol–water partition coefficient (Wildman–Crippen LogP) is 3.57. The number of rotatable bonds is 6. The van der Waals surface area contributed by atoms with Gasteiger partial charge in [-0.3, -0.25) is 4.79 Å². The zero-order valence-corrected chi connectivity index (χ0v) is 17.5. The Hall–Kier alpha value is -2.34. The number of amides is 1. The molecule has 5 nitrogen and oxygen atoms in total. The SMILES string of the molecule is Cc1ccc(S(C)(=O)=O)cc1NCC(=O)NC(C)c1ccc2c(c1)CCCC2. The molecule has 0 bridgehead atoms. The molecule has 1 aliphatic carbocycles. The summed E-state index contributed by atoms with van der Waals surface area (Å²) in [7, 11) is -3.28. The number of hydrogen-bond donors (Lipinski definition) is 2. The van der Waals surface area contributed by atoms with Crippen LogP contribution < -0.4 is 10.6 Å².